The smallest absolute Gasteiger partial charge is 0.322 e. The number of halogens is 1. The summed E-state index contributed by atoms with van der Waals surface area (Å²) in [4.78, 5) is 22.0. The number of likely N-dealkylation sites (tertiary alicyclic amines) is 1. The summed E-state index contributed by atoms with van der Waals surface area (Å²) >= 11 is 0. The molecule has 1 aliphatic heterocycles. The Hall–Kier alpha value is -2.37. The fourth-order valence-corrected chi connectivity index (χ4v) is 3.44. The summed E-state index contributed by atoms with van der Waals surface area (Å²) in [5, 5.41) is 2.93. The molecule has 0 spiro atoms. The number of nitrogens with zero attached hydrogens (tertiary/aromatic N) is 2. The molecule has 2 aromatic rings. The van der Waals surface area contributed by atoms with Crippen LogP contribution in [0.25, 0.3) is 0 Å². The van der Waals surface area contributed by atoms with E-state index in [0.29, 0.717) is 23.7 Å². The van der Waals surface area contributed by atoms with Crippen molar-refractivity contribution in [1.82, 2.24) is 14.9 Å². The van der Waals surface area contributed by atoms with E-state index in [1.54, 1.807) is 24.5 Å². The van der Waals surface area contributed by atoms with Crippen molar-refractivity contribution < 1.29 is 9.18 Å². The van der Waals surface area contributed by atoms with E-state index in [4.69, 9.17) is 0 Å². The number of aromatic nitrogens is 2. The lowest BCUT2D eigenvalue weighted by Gasteiger charge is -2.34. The Balaban J connectivity index is 1.51. The van der Waals surface area contributed by atoms with Crippen molar-refractivity contribution in [3.63, 3.8) is 0 Å². The van der Waals surface area contributed by atoms with Gasteiger partial charge in [-0.05, 0) is 61.8 Å². The lowest BCUT2D eigenvalue weighted by atomic mass is 10.0. The second kappa shape index (κ2) is 6.26. The number of hydrogen-bond acceptors (Lipinski definition) is 2. The van der Waals surface area contributed by atoms with Gasteiger partial charge in [0.15, 0.2) is 0 Å². The summed E-state index contributed by atoms with van der Waals surface area (Å²) < 4.78 is 13.9. The average molecular weight is 328 g/mol. The molecule has 1 aromatic carbocycles. The lowest BCUT2D eigenvalue weighted by molar-refractivity contribution is 0.160. The average Bonchev–Trinajstić information content (AvgIpc) is 3.30. The highest BCUT2D eigenvalue weighted by Gasteiger charge is 2.30. The van der Waals surface area contributed by atoms with Crippen LogP contribution in [0, 0.1) is 5.82 Å². The third-order valence-corrected chi connectivity index (χ3v) is 4.86. The fraction of sp³-hybridized carbons (Fsp3) is 0.444. The number of urea groups is 1. The zero-order chi connectivity index (χ0) is 16.5. The van der Waals surface area contributed by atoms with Crippen LogP contribution in [0.5, 0.6) is 0 Å². The molecule has 1 atom stereocenters. The van der Waals surface area contributed by atoms with E-state index >= 15 is 0 Å². The molecule has 0 bridgehead atoms. The van der Waals surface area contributed by atoms with Crippen LogP contribution in [0.1, 0.15) is 55.5 Å². The molecule has 0 unspecified atom stereocenters. The number of imidazole rings is 1. The molecule has 1 aliphatic carbocycles. The molecule has 2 aliphatic rings. The van der Waals surface area contributed by atoms with Gasteiger partial charge in [0.2, 0.25) is 0 Å². The number of benzene rings is 1. The van der Waals surface area contributed by atoms with Crippen molar-refractivity contribution in [2.45, 2.75) is 44.1 Å². The van der Waals surface area contributed by atoms with Crippen molar-refractivity contribution in [3.05, 3.63) is 47.8 Å². The van der Waals surface area contributed by atoms with Gasteiger partial charge in [-0.2, -0.15) is 0 Å². The van der Waals surface area contributed by atoms with E-state index in [2.05, 4.69) is 15.3 Å². The Morgan fingerprint density at radius 1 is 1.29 bits per heavy atom. The predicted molar refractivity (Wildman–Crippen MR) is 89.3 cm³/mol. The van der Waals surface area contributed by atoms with E-state index in [1.807, 2.05) is 4.90 Å². The number of rotatable bonds is 3. The van der Waals surface area contributed by atoms with E-state index in [1.165, 1.54) is 6.07 Å². The zero-order valence-electron chi connectivity index (χ0n) is 13.5. The number of aromatic amines is 1. The molecule has 24 heavy (non-hydrogen) atoms. The van der Waals surface area contributed by atoms with Crippen molar-refractivity contribution in [2.75, 3.05) is 11.9 Å². The Morgan fingerprint density at radius 2 is 2.17 bits per heavy atom. The number of H-pyrrole nitrogens is 1. The number of carbonyl (C=O) groups is 1. The molecule has 126 valence electrons. The highest BCUT2D eigenvalue weighted by atomic mass is 19.1. The zero-order valence-corrected chi connectivity index (χ0v) is 13.5. The van der Waals surface area contributed by atoms with Gasteiger partial charge in [-0.15, -0.1) is 0 Å². The van der Waals surface area contributed by atoms with Gasteiger partial charge in [-0.3, -0.25) is 0 Å². The minimum absolute atomic E-state index is 0.0305. The molecular weight excluding hydrogens is 307 g/mol. The minimum Gasteiger partial charge on any atom is -0.347 e. The van der Waals surface area contributed by atoms with Crippen molar-refractivity contribution in [3.8, 4) is 0 Å². The quantitative estimate of drug-likeness (QED) is 0.887. The monoisotopic (exact) mass is 328 g/mol. The first-order valence-electron chi connectivity index (χ1n) is 8.59. The maximum atomic E-state index is 13.9. The Labute approximate surface area is 140 Å². The Kier molecular flexibility index (Phi) is 3.96. The molecule has 2 fully saturated rings. The summed E-state index contributed by atoms with van der Waals surface area (Å²) in [5.41, 5.74) is 1.38. The number of amides is 2. The van der Waals surface area contributed by atoms with Gasteiger partial charge in [-0.1, -0.05) is 0 Å². The molecule has 2 N–H and O–H groups in total. The summed E-state index contributed by atoms with van der Waals surface area (Å²) in [5.74, 6) is 0.956. The summed E-state index contributed by atoms with van der Waals surface area (Å²) in [6.07, 6.45) is 8.52. The number of anilines is 1. The fourth-order valence-electron chi connectivity index (χ4n) is 3.44. The standard InChI is InChI=1S/C18H21FN4O/c19-15-7-6-13(11-14(15)12-4-5-12)22-18(24)23-10-2-1-3-16(23)17-20-8-9-21-17/h6-9,11-12,16H,1-5,10H2,(H,20,21)(H,22,24)/t16-/m0/s1. The van der Waals surface area contributed by atoms with Crippen molar-refractivity contribution in [2.24, 2.45) is 0 Å². The summed E-state index contributed by atoms with van der Waals surface area (Å²) in [6.45, 7) is 0.702. The van der Waals surface area contributed by atoms with Crippen molar-refractivity contribution >= 4 is 11.7 Å². The third kappa shape index (κ3) is 3.00. The second-order valence-electron chi connectivity index (χ2n) is 6.62. The largest absolute Gasteiger partial charge is 0.347 e. The molecule has 4 rings (SSSR count). The number of hydrogen-bond donors (Lipinski definition) is 2. The van der Waals surface area contributed by atoms with E-state index in [9.17, 15) is 9.18 Å². The Morgan fingerprint density at radius 3 is 2.92 bits per heavy atom. The molecular formula is C18H21FN4O. The van der Waals surface area contributed by atoms with Gasteiger partial charge < -0.3 is 15.2 Å². The second-order valence-corrected chi connectivity index (χ2v) is 6.62. The maximum Gasteiger partial charge on any atom is 0.322 e. The molecule has 6 heteroatoms. The molecule has 1 aromatic heterocycles. The number of carbonyl (C=O) groups excluding carboxylic acids is 1. The lowest BCUT2D eigenvalue weighted by Crippen LogP contribution is -2.41. The van der Waals surface area contributed by atoms with Gasteiger partial charge >= 0.3 is 6.03 Å². The Bertz CT molecular complexity index is 727. The molecule has 0 radical (unpaired) electrons. The normalized spacial score (nSPS) is 20.9. The first-order chi connectivity index (χ1) is 11.7. The third-order valence-electron chi connectivity index (χ3n) is 4.86. The van der Waals surface area contributed by atoms with E-state index in [-0.39, 0.29) is 17.9 Å². The topological polar surface area (TPSA) is 61.0 Å². The van der Waals surface area contributed by atoms with Crippen LogP contribution in [-0.2, 0) is 0 Å². The first-order valence-corrected chi connectivity index (χ1v) is 8.59. The number of piperidine rings is 1. The van der Waals surface area contributed by atoms with Crippen LogP contribution < -0.4 is 5.32 Å². The van der Waals surface area contributed by atoms with Crippen LogP contribution in [0.4, 0.5) is 14.9 Å². The molecule has 1 saturated carbocycles. The van der Waals surface area contributed by atoms with Crippen molar-refractivity contribution in [1.29, 1.82) is 0 Å². The molecule has 1 saturated heterocycles. The molecule has 2 amide bonds. The summed E-state index contributed by atoms with van der Waals surface area (Å²) in [6, 6.07) is 4.67. The minimum atomic E-state index is -0.179. The SMILES string of the molecule is O=C(Nc1ccc(F)c(C2CC2)c1)N1CCCC[C@H]1c1ncc[nH]1. The summed E-state index contributed by atoms with van der Waals surface area (Å²) in [7, 11) is 0. The van der Waals surface area contributed by atoms with Gasteiger partial charge in [0, 0.05) is 24.6 Å². The van der Waals surface area contributed by atoms with Crippen LogP contribution in [0.15, 0.2) is 30.6 Å². The van der Waals surface area contributed by atoms with Crippen LogP contribution in [-0.4, -0.2) is 27.4 Å². The van der Waals surface area contributed by atoms with Gasteiger partial charge in [0.1, 0.15) is 11.6 Å². The predicted octanol–water partition coefficient (Wildman–Crippen LogP) is 4.19. The van der Waals surface area contributed by atoms with Gasteiger partial charge in [0.05, 0.1) is 6.04 Å². The van der Waals surface area contributed by atoms with Gasteiger partial charge in [0.25, 0.3) is 0 Å². The van der Waals surface area contributed by atoms with Crippen LogP contribution in [0.3, 0.4) is 0 Å². The van der Waals surface area contributed by atoms with Crippen LogP contribution in [0.2, 0.25) is 0 Å². The molecule has 5 nitrogen and oxygen atoms in total. The van der Waals surface area contributed by atoms with E-state index < -0.39 is 0 Å². The van der Waals surface area contributed by atoms with Gasteiger partial charge in [-0.25, -0.2) is 14.2 Å². The van der Waals surface area contributed by atoms with Crippen LogP contribution >= 0.6 is 0 Å². The molecule has 2 heterocycles. The highest BCUT2D eigenvalue weighted by molar-refractivity contribution is 5.89. The first kappa shape index (κ1) is 15.2. The maximum absolute atomic E-state index is 13.9. The number of nitrogens with one attached hydrogen (secondary N) is 2. The highest BCUT2D eigenvalue weighted by Crippen LogP contribution is 2.42. The van der Waals surface area contributed by atoms with E-state index in [0.717, 1.165) is 37.9 Å².